The van der Waals surface area contributed by atoms with Crippen molar-refractivity contribution in [3.8, 4) is 17.2 Å². The fourth-order valence-electron chi connectivity index (χ4n) is 2.15. The monoisotopic (exact) mass is 319 g/mol. The Balaban J connectivity index is 2.47. The smallest absolute Gasteiger partial charge is 0.144 e. The summed E-state index contributed by atoms with van der Waals surface area (Å²) < 4.78 is 10.5. The summed E-state index contributed by atoms with van der Waals surface area (Å²) >= 11 is 6.23. The standard InChI is InChI=1S/C17H18ClNO3/c1-10-7-15(20)13(11(2)17(10)18)9-19-14-8-12(21-3)5-6-16(14)22-4/h5-9,20H,1-4H3. The highest BCUT2D eigenvalue weighted by Gasteiger charge is 2.10. The number of phenols is 1. The number of phenolic OH excluding ortho intramolecular Hbond substituents is 1. The molecule has 5 heteroatoms. The van der Waals surface area contributed by atoms with Crippen molar-refractivity contribution in [3.05, 3.63) is 46.0 Å². The number of hydrogen-bond acceptors (Lipinski definition) is 4. The van der Waals surface area contributed by atoms with Gasteiger partial charge in [0.25, 0.3) is 0 Å². The lowest BCUT2D eigenvalue weighted by Crippen LogP contribution is -1.92. The Labute approximate surface area is 135 Å². The van der Waals surface area contributed by atoms with Crippen molar-refractivity contribution in [2.24, 2.45) is 4.99 Å². The van der Waals surface area contributed by atoms with E-state index in [1.54, 1.807) is 44.7 Å². The molecule has 0 aromatic heterocycles. The third-order valence-electron chi connectivity index (χ3n) is 3.43. The molecule has 22 heavy (non-hydrogen) atoms. The van der Waals surface area contributed by atoms with Crippen LogP contribution in [0.25, 0.3) is 0 Å². The van der Waals surface area contributed by atoms with Crippen LogP contribution in [-0.2, 0) is 0 Å². The van der Waals surface area contributed by atoms with Gasteiger partial charge in [-0.2, -0.15) is 0 Å². The predicted molar refractivity (Wildman–Crippen MR) is 89.4 cm³/mol. The third-order valence-corrected chi connectivity index (χ3v) is 4.01. The van der Waals surface area contributed by atoms with Gasteiger partial charge in [0, 0.05) is 22.9 Å². The fourth-order valence-corrected chi connectivity index (χ4v) is 2.30. The van der Waals surface area contributed by atoms with Crippen molar-refractivity contribution in [1.29, 1.82) is 0 Å². The van der Waals surface area contributed by atoms with Crippen LogP contribution in [-0.4, -0.2) is 25.5 Å². The number of methoxy groups -OCH3 is 2. The van der Waals surface area contributed by atoms with Crippen molar-refractivity contribution in [3.63, 3.8) is 0 Å². The van der Waals surface area contributed by atoms with E-state index >= 15 is 0 Å². The van der Waals surface area contributed by atoms with Crippen LogP contribution < -0.4 is 9.47 Å². The second-order valence-electron chi connectivity index (χ2n) is 4.86. The van der Waals surface area contributed by atoms with Gasteiger partial charge in [0.15, 0.2) is 0 Å². The molecule has 0 spiro atoms. The third kappa shape index (κ3) is 3.17. The van der Waals surface area contributed by atoms with Crippen molar-refractivity contribution in [2.45, 2.75) is 13.8 Å². The number of aryl methyl sites for hydroxylation is 1. The van der Waals surface area contributed by atoms with Gasteiger partial charge in [0.2, 0.25) is 0 Å². The van der Waals surface area contributed by atoms with Gasteiger partial charge in [-0.25, -0.2) is 0 Å². The Morgan fingerprint density at radius 1 is 1.14 bits per heavy atom. The van der Waals surface area contributed by atoms with E-state index in [1.807, 2.05) is 13.8 Å². The normalized spacial score (nSPS) is 11.0. The number of rotatable bonds is 4. The highest BCUT2D eigenvalue weighted by Crippen LogP contribution is 2.33. The Kier molecular flexibility index (Phi) is 4.93. The lowest BCUT2D eigenvalue weighted by atomic mass is 10.0. The zero-order valence-corrected chi connectivity index (χ0v) is 13.7. The van der Waals surface area contributed by atoms with Gasteiger partial charge < -0.3 is 14.6 Å². The molecule has 2 rings (SSSR count). The summed E-state index contributed by atoms with van der Waals surface area (Å²) in [7, 11) is 3.16. The number of aliphatic imine (C=N–C) groups is 1. The zero-order chi connectivity index (χ0) is 16.3. The minimum absolute atomic E-state index is 0.144. The maximum atomic E-state index is 10.1. The molecule has 2 aromatic rings. The van der Waals surface area contributed by atoms with E-state index in [1.165, 1.54) is 0 Å². The van der Waals surface area contributed by atoms with Crippen molar-refractivity contribution in [2.75, 3.05) is 14.2 Å². The number of halogens is 1. The van der Waals surface area contributed by atoms with Gasteiger partial charge in [0.1, 0.15) is 22.9 Å². The molecule has 1 N–H and O–H groups in total. The van der Waals surface area contributed by atoms with Gasteiger partial charge in [-0.1, -0.05) is 11.6 Å². The molecule has 0 amide bonds. The van der Waals surface area contributed by atoms with E-state index in [-0.39, 0.29) is 5.75 Å². The molecule has 0 bridgehead atoms. The minimum Gasteiger partial charge on any atom is -0.507 e. The molecule has 0 aliphatic carbocycles. The van der Waals surface area contributed by atoms with Crippen LogP contribution in [0.4, 0.5) is 5.69 Å². The molecule has 0 atom stereocenters. The van der Waals surface area contributed by atoms with Crippen LogP contribution >= 0.6 is 11.6 Å². The summed E-state index contributed by atoms with van der Waals surface area (Å²) in [5.41, 5.74) is 2.80. The lowest BCUT2D eigenvalue weighted by molar-refractivity contribution is 0.404. The molecule has 0 heterocycles. The number of benzene rings is 2. The number of ether oxygens (including phenoxy) is 2. The van der Waals surface area contributed by atoms with Crippen molar-refractivity contribution < 1.29 is 14.6 Å². The molecule has 4 nitrogen and oxygen atoms in total. The van der Waals surface area contributed by atoms with E-state index in [2.05, 4.69) is 4.99 Å². The van der Waals surface area contributed by atoms with Crippen LogP contribution in [0.3, 0.4) is 0 Å². The molecule has 0 saturated heterocycles. The molecule has 2 aromatic carbocycles. The predicted octanol–water partition coefficient (Wildman–Crippen LogP) is 4.43. The first-order chi connectivity index (χ1) is 10.5. The average molecular weight is 320 g/mol. The van der Waals surface area contributed by atoms with Gasteiger partial charge in [-0.15, -0.1) is 0 Å². The Morgan fingerprint density at radius 2 is 1.86 bits per heavy atom. The molecule has 0 aliphatic heterocycles. The van der Waals surface area contributed by atoms with Crippen LogP contribution in [0.2, 0.25) is 5.02 Å². The van der Waals surface area contributed by atoms with E-state index < -0.39 is 0 Å². The molecule has 0 aliphatic rings. The SMILES string of the molecule is COc1ccc(OC)c(N=Cc2c(O)cc(C)c(Cl)c2C)c1. The molecule has 0 radical (unpaired) electrons. The maximum Gasteiger partial charge on any atom is 0.144 e. The van der Waals surface area contributed by atoms with Gasteiger partial charge in [0.05, 0.1) is 14.2 Å². The molecule has 0 saturated carbocycles. The lowest BCUT2D eigenvalue weighted by Gasteiger charge is -2.10. The highest BCUT2D eigenvalue weighted by molar-refractivity contribution is 6.32. The maximum absolute atomic E-state index is 10.1. The summed E-state index contributed by atoms with van der Waals surface area (Å²) in [6, 6.07) is 6.96. The Bertz CT molecular complexity index is 726. The van der Waals surface area contributed by atoms with E-state index in [0.717, 1.165) is 11.1 Å². The van der Waals surface area contributed by atoms with Gasteiger partial charge in [-0.05, 0) is 43.2 Å². The first-order valence-electron chi connectivity index (χ1n) is 6.72. The van der Waals surface area contributed by atoms with E-state index in [4.69, 9.17) is 21.1 Å². The minimum atomic E-state index is 0.144. The second kappa shape index (κ2) is 6.71. The molecular weight excluding hydrogens is 302 g/mol. The summed E-state index contributed by atoms with van der Waals surface area (Å²) in [5, 5.41) is 10.7. The van der Waals surface area contributed by atoms with Gasteiger partial charge >= 0.3 is 0 Å². The van der Waals surface area contributed by atoms with E-state index in [9.17, 15) is 5.11 Å². The molecule has 0 unspecified atom stereocenters. The van der Waals surface area contributed by atoms with Gasteiger partial charge in [-0.3, -0.25) is 4.99 Å². The molecular formula is C17H18ClNO3. The van der Waals surface area contributed by atoms with E-state index in [0.29, 0.717) is 27.8 Å². The topological polar surface area (TPSA) is 51.0 Å². The number of nitrogens with zero attached hydrogens (tertiary/aromatic N) is 1. The quantitative estimate of drug-likeness (QED) is 0.848. The zero-order valence-electron chi connectivity index (χ0n) is 13.0. The molecule has 0 fully saturated rings. The fraction of sp³-hybridized carbons (Fsp3) is 0.235. The van der Waals surface area contributed by atoms with Crippen LogP contribution in [0, 0.1) is 13.8 Å². The average Bonchev–Trinajstić information content (AvgIpc) is 2.52. The Morgan fingerprint density at radius 3 is 2.50 bits per heavy atom. The van der Waals surface area contributed by atoms with Crippen LogP contribution in [0.15, 0.2) is 29.3 Å². The van der Waals surface area contributed by atoms with Crippen LogP contribution in [0.5, 0.6) is 17.2 Å². The first kappa shape index (κ1) is 16.2. The van der Waals surface area contributed by atoms with Crippen LogP contribution in [0.1, 0.15) is 16.7 Å². The van der Waals surface area contributed by atoms with Crippen molar-refractivity contribution >= 4 is 23.5 Å². The Hall–Kier alpha value is -2.20. The van der Waals surface area contributed by atoms with Crippen molar-refractivity contribution in [1.82, 2.24) is 0 Å². The number of hydrogen-bond donors (Lipinski definition) is 1. The largest absolute Gasteiger partial charge is 0.507 e. The summed E-state index contributed by atoms with van der Waals surface area (Å²) in [5.74, 6) is 1.44. The second-order valence-corrected chi connectivity index (χ2v) is 5.24. The number of aromatic hydroxyl groups is 1. The summed E-state index contributed by atoms with van der Waals surface area (Å²) in [6.07, 6.45) is 1.58. The summed E-state index contributed by atoms with van der Waals surface area (Å²) in [4.78, 5) is 4.40. The first-order valence-corrected chi connectivity index (χ1v) is 7.10. The molecule has 116 valence electrons. The summed E-state index contributed by atoms with van der Waals surface area (Å²) in [6.45, 7) is 3.69. The highest BCUT2D eigenvalue weighted by atomic mass is 35.5.